The molecule has 1 aromatic rings. The first-order chi connectivity index (χ1) is 7.26. The molecule has 1 saturated heterocycles. The summed E-state index contributed by atoms with van der Waals surface area (Å²) in [4.78, 5) is 4.27. The smallest absolute Gasteiger partial charge is 0.110 e. The standard InChI is InChI=1S/C10H12BrNO2S/c11-8-2-1-3-12-9(8)15-7-10(4-13)5-14-6-10/h1-3,13H,4-7H2. The lowest BCUT2D eigenvalue weighted by Crippen LogP contribution is -2.47. The summed E-state index contributed by atoms with van der Waals surface area (Å²) in [5.74, 6) is 0.846. The van der Waals surface area contributed by atoms with Crippen molar-refractivity contribution >= 4 is 27.7 Å². The Bertz CT molecular complexity index is 338. The van der Waals surface area contributed by atoms with E-state index in [0.29, 0.717) is 13.2 Å². The minimum Gasteiger partial charge on any atom is -0.396 e. The van der Waals surface area contributed by atoms with Crippen LogP contribution in [0.4, 0.5) is 0 Å². The maximum atomic E-state index is 9.26. The molecule has 0 bridgehead atoms. The molecule has 1 N–H and O–H groups in total. The van der Waals surface area contributed by atoms with Crippen molar-refractivity contribution in [2.75, 3.05) is 25.6 Å². The monoisotopic (exact) mass is 289 g/mol. The van der Waals surface area contributed by atoms with E-state index >= 15 is 0 Å². The second kappa shape index (κ2) is 4.82. The van der Waals surface area contributed by atoms with Gasteiger partial charge in [-0.2, -0.15) is 0 Å². The van der Waals surface area contributed by atoms with Gasteiger partial charge in [0.25, 0.3) is 0 Å². The highest BCUT2D eigenvalue weighted by Gasteiger charge is 2.38. The zero-order valence-corrected chi connectivity index (χ0v) is 10.6. The van der Waals surface area contributed by atoms with Gasteiger partial charge < -0.3 is 9.84 Å². The van der Waals surface area contributed by atoms with Crippen LogP contribution in [-0.4, -0.2) is 35.7 Å². The van der Waals surface area contributed by atoms with E-state index in [0.717, 1.165) is 15.3 Å². The number of halogens is 1. The van der Waals surface area contributed by atoms with Crippen LogP contribution in [0.25, 0.3) is 0 Å². The first-order valence-corrected chi connectivity index (χ1v) is 6.46. The van der Waals surface area contributed by atoms with Crippen molar-refractivity contribution in [2.24, 2.45) is 5.41 Å². The zero-order valence-electron chi connectivity index (χ0n) is 8.15. The molecule has 0 radical (unpaired) electrons. The number of nitrogens with zero attached hydrogens (tertiary/aromatic N) is 1. The van der Waals surface area contributed by atoms with Gasteiger partial charge in [-0.1, -0.05) is 0 Å². The second-order valence-electron chi connectivity index (χ2n) is 3.73. The highest BCUT2D eigenvalue weighted by atomic mass is 79.9. The van der Waals surface area contributed by atoms with Crippen molar-refractivity contribution < 1.29 is 9.84 Å². The molecule has 2 heterocycles. The molecular weight excluding hydrogens is 278 g/mol. The fourth-order valence-corrected chi connectivity index (χ4v) is 2.95. The van der Waals surface area contributed by atoms with Crippen LogP contribution in [0.1, 0.15) is 0 Å². The topological polar surface area (TPSA) is 42.4 Å². The number of aromatic nitrogens is 1. The van der Waals surface area contributed by atoms with Crippen molar-refractivity contribution in [3.63, 3.8) is 0 Å². The van der Waals surface area contributed by atoms with Crippen LogP contribution < -0.4 is 0 Å². The largest absolute Gasteiger partial charge is 0.396 e. The number of ether oxygens (including phenoxy) is 1. The van der Waals surface area contributed by atoms with Gasteiger partial charge in [0, 0.05) is 21.8 Å². The average Bonchev–Trinajstić information content (AvgIpc) is 2.19. The minimum atomic E-state index is -0.0539. The molecule has 2 rings (SSSR count). The van der Waals surface area contributed by atoms with E-state index in [4.69, 9.17) is 4.74 Å². The SMILES string of the molecule is OCC1(CSc2ncccc2Br)COC1. The molecule has 0 unspecified atom stereocenters. The van der Waals surface area contributed by atoms with Gasteiger partial charge in [-0.25, -0.2) is 4.98 Å². The highest BCUT2D eigenvalue weighted by molar-refractivity contribution is 9.10. The Hall–Kier alpha value is -0.100. The van der Waals surface area contributed by atoms with E-state index in [1.54, 1.807) is 18.0 Å². The second-order valence-corrected chi connectivity index (χ2v) is 5.55. The lowest BCUT2D eigenvalue weighted by molar-refractivity contribution is -0.121. The molecule has 5 heteroatoms. The zero-order chi connectivity index (χ0) is 10.7. The first kappa shape index (κ1) is 11.4. The fourth-order valence-electron chi connectivity index (χ4n) is 1.31. The van der Waals surface area contributed by atoms with E-state index in [2.05, 4.69) is 20.9 Å². The number of aliphatic hydroxyl groups excluding tert-OH is 1. The van der Waals surface area contributed by atoms with Gasteiger partial charge in [-0.15, -0.1) is 11.8 Å². The van der Waals surface area contributed by atoms with Gasteiger partial charge in [-0.05, 0) is 28.1 Å². The number of hydrogen-bond acceptors (Lipinski definition) is 4. The lowest BCUT2D eigenvalue weighted by Gasteiger charge is -2.39. The molecule has 0 spiro atoms. The van der Waals surface area contributed by atoms with Gasteiger partial charge >= 0.3 is 0 Å². The highest BCUT2D eigenvalue weighted by Crippen LogP contribution is 2.35. The molecule has 1 aromatic heterocycles. The van der Waals surface area contributed by atoms with Crippen molar-refractivity contribution in [2.45, 2.75) is 5.03 Å². The van der Waals surface area contributed by atoms with Gasteiger partial charge in [0.1, 0.15) is 5.03 Å². The Balaban J connectivity index is 1.95. The first-order valence-electron chi connectivity index (χ1n) is 4.68. The molecule has 0 atom stereocenters. The van der Waals surface area contributed by atoms with Gasteiger partial charge in [0.2, 0.25) is 0 Å². The normalized spacial score (nSPS) is 18.5. The third-order valence-corrected chi connectivity index (χ3v) is 4.65. The molecule has 0 aliphatic carbocycles. The summed E-state index contributed by atoms with van der Waals surface area (Å²) in [5.41, 5.74) is -0.0539. The van der Waals surface area contributed by atoms with E-state index < -0.39 is 0 Å². The molecule has 1 aliphatic rings. The summed E-state index contributed by atoms with van der Waals surface area (Å²) in [6.07, 6.45) is 1.77. The Morgan fingerprint density at radius 2 is 2.40 bits per heavy atom. The lowest BCUT2D eigenvalue weighted by atomic mass is 9.90. The summed E-state index contributed by atoms with van der Waals surface area (Å²) >= 11 is 5.11. The van der Waals surface area contributed by atoms with E-state index in [1.807, 2.05) is 12.1 Å². The number of aliphatic hydroxyl groups is 1. The molecule has 0 aromatic carbocycles. The molecular formula is C10H12BrNO2S. The van der Waals surface area contributed by atoms with Crippen molar-refractivity contribution in [3.8, 4) is 0 Å². The van der Waals surface area contributed by atoms with Crippen LogP contribution >= 0.6 is 27.7 Å². The van der Waals surface area contributed by atoms with Crippen LogP contribution in [0.5, 0.6) is 0 Å². The van der Waals surface area contributed by atoms with Gasteiger partial charge in [0.15, 0.2) is 0 Å². The maximum absolute atomic E-state index is 9.26. The predicted octanol–water partition coefficient (Wildman–Crippen LogP) is 1.95. The molecule has 1 aliphatic heterocycles. The van der Waals surface area contributed by atoms with E-state index in [9.17, 15) is 5.11 Å². The molecule has 15 heavy (non-hydrogen) atoms. The quantitative estimate of drug-likeness (QED) is 0.861. The van der Waals surface area contributed by atoms with Crippen molar-refractivity contribution in [1.82, 2.24) is 4.98 Å². The van der Waals surface area contributed by atoms with Crippen LogP contribution in [0.15, 0.2) is 27.8 Å². The molecule has 1 fully saturated rings. The Kier molecular flexibility index (Phi) is 3.66. The van der Waals surface area contributed by atoms with Gasteiger partial charge in [-0.3, -0.25) is 0 Å². The number of rotatable bonds is 4. The number of hydrogen-bond donors (Lipinski definition) is 1. The molecule has 0 saturated carbocycles. The fraction of sp³-hybridized carbons (Fsp3) is 0.500. The molecule has 82 valence electrons. The van der Waals surface area contributed by atoms with E-state index in [1.165, 1.54) is 0 Å². The summed E-state index contributed by atoms with van der Waals surface area (Å²) in [6.45, 7) is 1.49. The Morgan fingerprint density at radius 1 is 1.60 bits per heavy atom. The van der Waals surface area contributed by atoms with E-state index in [-0.39, 0.29) is 12.0 Å². The average molecular weight is 290 g/mol. The summed E-state index contributed by atoms with van der Waals surface area (Å²) in [7, 11) is 0. The van der Waals surface area contributed by atoms with Crippen LogP contribution in [0.2, 0.25) is 0 Å². The van der Waals surface area contributed by atoms with Crippen molar-refractivity contribution in [1.29, 1.82) is 0 Å². The predicted molar refractivity (Wildman–Crippen MR) is 63.0 cm³/mol. The molecule has 0 amide bonds. The maximum Gasteiger partial charge on any atom is 0.110 e. The number of pyridine rings is 1. The summed E-state index contributed by atoms with van der Waals surface area (Å²) in [6, 6.07) is 3.86. The van der Waals surface area contributed by atoms with Gasteiger partial charge in [0.05, 0.1) is 19.8 Å². The summed E-state index contributed by atoms with van der Waals surface area (Å²) in [5, 5.41) is 10.2. The third kappa shape index (κ3) is 2.53. The van der Waals surface area contributed by atoms with Crippen LogP contribution in [0, 0.1) is 5.41 Å². The van der Waals surface area contributed by atoms with Crippen LogP contribution in [0.3, 0.4) is 0 Å². The number of thioether (sulfide) groups is 1. The Labute approximate surface area is 101 Å². The van der Waals surface area contributed by atoms with Crippen LogP contribution in [-0.2, 0) is 4.74 Å². The summed E-state index contributed by atoms with van der Waals surface area (Å²) < 4.78 is 6.15. The molecule has 3 nitrogen and oxygen atoms in total. The third-order valence-electron chi connectivity index (χ3n) is 2.39. The minimum absolute atomic E-state index is 0.0539. The van der Waals surface area contributed by atoms with Crippen molar-refractivity contribution in [3.05, 3.63) is 22.8 Å². The Morgan fingerprint density at radius 3 is 2.93 bits per heavy atom.